The van der Waals surface area contributed by atoms with E-state index in [1.54, 1.807) is 0 Å². The molecule has 2 aromatic carbocycles. The van der Waals surface area contributed by atoms with E-state index in [-0.39, 0.29) is 22.4 Å². The lowest BCUT2D eigenvalue weighted by Gasteiger charge is -2.09. The van der Waals surface area contributed by atoms with Gasteiger partial charge in [0.25, 0.3) is 5.56 Å². The van der Waals surface area contributed by atoms with Crippen LogP contribution in [-0.4, -0.2) is 24.5 Å². The fraction of sp³-hybridized carbons (Fsp3) is 0.158. The van der Waals surface area contributed by atoms with Crippen molar-refractivity contribution >= 4 is 11.2 Å². The molecule has 0 radical (unpaired) electrons. The van der Waals surface area contributed by atoms with Crippen molar-refractivity contribution in [2.24, 2.45) is 0 Å². The highest BCUT2D eigenvalue weighted by molar-refractivity contribution is 5.70. The van der Waals surface area contributed by atoms with E-state index in [2.05, 4.69) is 15.3 Å². The molecule has 0 aliphatic heterocycles. The fourth-order valence-electron chi connectivity index (χ4n) is 2.93. The van der Waals surface area contributed by atoms with E-state index in [0.717, 1.165) is 33.5 Å². The second-order valence-corrected chi connectivity index (χ2v) is 6.38. The van der Waals surface area contributed by atoms with E-state index >= 15 is 0 Å². The van der Waals surface area contributed by atoms with Gasteiger partial charge >= 0.3 is 0 Å². The molecule has 0 bridgehead atoms. The van der Waals surface area contributed by atoms with Crippen LogP contribution in [0.1, 0.15) is 16.7 Å². The highest BCUT2D eigenvalue weighted by Gasteiger charge is 2.16. The Morgan fingerprint density at radius 2 is 1.89 bits per heavy atom. The molecule has 4 rings (SSSR count). The molecule has 0 unspecified atom stereocenters. The highest BCUT2D eigenvalue weighted by atomic mass is 19.1. The van der Waals surface area contributed by atoms with Crippen molar-refractivity contribution in [1.82, 2.24) is 24.5 Å². The monoisotopic (exact) mass is 367 g/mol. The number of hydrogen-bond acceptors (Lipinski definition) is 4. The van der Waals surface area contributed by atoms with Gasteiger partial charge in [-0.3, -0.25) is 9.36 Å². The predicted molar refractivity (Wildman–Crippen MR) is 95.9 cm³/mol. The maximum atomic E-state index is 14.1. The summed E-state index contributed by atoms with van der Waals surface area (Å²) in [4.78, 5) is 17.0. The van der Waals surface area contributed by atoms with Crippen LogP contribution in [0.4, 0.5) is 8.78 Å². The third-order valence-corrected chi connectivity index (χ3v) is 4.41. The zero-order chi connectivity index (χ0) is 19.1. The largest absolute Gasteiger partial charge is 0.293 e. The van der Waals surface area contributed by atoms with E-state index in [9.17, 15) is 13.6 Å². The van der Waals surface area contributed by atoms with Gasteiger partial charge in [0, 0.05) is 6.07 Å². The molecule has 0 fully saturated rings. The predicted octanol–water partition coefficient (Wildman–Crippen LogP) is 2.92. The molecule has 0 amide bonds. The molecule has 0 saturated carbocycles. The Labute approximate surface area is 152 Å². The van der Waals surface area contributed by atoms with Gasteiger partial charge in [-0.15, -0.1) is 5.10 Å². The molecule has 0 atom stereocenters. The molecule has 2 heterocycles. The lowest BCUT2D eigenvalue weighted by atomic mass is 10.1. The summed E-state index contributed by atoms with van der Waals surface area (Å²) >= 11 is 0. The van der Waals surface area contributed by atoms with E-state index < -0.39 is 11.6 Å². The molecular weight excluding hydrogens is 352 g/mol. The van der Waals surface area contributed by atoms with Gasteiger partial charge in [0.15, 0.2) is 17.0 Å². The standard InChI is InChI=1S/C19H15F2N5O/c1-11-3-4-12(2)13(7-11)9-25-10-22-18-17(19(25)27)23-24-26(18)16-6-5-14(20)8-15(16)21/h3-8,10H,9H2,1-2H3. The van der Waals surface area contributed by atoms with E-state index in [1.807, 2.05) is 32.0 Å². The average Bonchev–Trinajstić information content (AvgIpc) is 3.05. The van der Waals surface area contributed by atoms with E-state index in [0.29, 0.717) is 6.54 Å². The van der Waals surface area contributed by atoms with Crippen molar-refractivity contribution in [3.8, 4) is 5.69 Å². The van der Waals surface area contributed by atoms with Crippen LogP contribution in [0, 0.1) is 25.5 Å². The summed E-state index contributed by atoms with van der Waals surface area (Å²) in [5.74, 6) is -1.52. The second kappa shape index (κ2) is 6.39. The Balaban J connectivity index is 1.80. The molecule has 2 aromatic heterocycles. The molecule has 0 saturated heterocycles. The van der Waals surface area contributed by atoms with Crippen LogP contribution in [-0.2, 0) is 6.54 Å². The number of fused-ring (bicyclic) bond motifs is 1. The van der Waals surface area contributed by atoms with Gasteiger partial charge in [-0.25, -0.2) is 13.8 Å². The topological polar surface area (TPSA) is 65.6 Å². The highest BCUT2D eigenvalue weighted by Crippen LogP contribution is 2.17. The summed E-state index contributed by atoms with van der Waals surface area (Å²) < 4.78 is 29.7. The van der Waals surface area contributed by atoms with Crippen molar-refractivity contribution in [3.05, 3.63) is 81.4 Å². The van der Waals surface area contributed by atoms with Crippen molar-refractivity contribution in [1.29, 1.82) is 0 Å². The van der Waals surface area contributed by atoms with Gasteiger partial charge in [0.05, 0.1) is 6.54 Å². The fourth-order valence-corrected chi connectivity index (χ4v) is 2.93. The minimum Gasteiger partial charge on any atom is -0.293 e. The quantitative estimate of drug-likeness (QED) is 0.558. The van der Waals surface area contributed by atoms with Crippen LogP contribution in [0.5, 0.6) is 0 Å². The third-order valence-electron chi connectivity index (χ3n) is 4.41. The summed E-state index contributed by atoms with van der Waals surface area (Å²) in [6.07, 6.45) is 1.38. The maximum absolute atomic E-state index is 14.1. The van der Waals surface area contributed by atoms with Crippen molar-refractivity contribution in [2.75, 3.05) is 0 Å². The normalized spacial score (nSPS) is 11.3. The molecule has 0 aliphatic rings. The molecule has 27 heavy (non-hydrogen) atoms. The Morgan fingerprint density at radius 1 is 1.07 bits per heavy atom. The lowest BCUT2D eigenvalue weighted by Crippen LogP contribution is -2.22. The van der Waals surface area contributed by atoms with Gasteiger partial charge in [0.2, 0.25) is 0 Å². The van der Waals surface area contributed by atoms with Crippen LogP contribution < -0.4 is 5.56 Å². The number of rotatable bonds is 3. The zero-order valence-electron chi connectivity index (χ0n) is 14.6. The first-order chi connectivity index (χ1) is 12.9. The Hall–Kier alpha value is -3.42. The Kier molecular flexibility index (Phi) is 4.02. The molecule has 0 N–H and O–H groups in total. The number of aromatic nitrogens is 5. The third kappa shape index (κ3) is 2.99. The Morgan fingerprint density at radius 3 is 2.67 bits per heavy atom. The summed E-state index contributed by atoms with van der Waals surface area (Å²) in [7, 11) is 0. The van der Waals surface area contributed by atoms with Crippen LogP contribution >= 0.6 is 0 Å². The number of nitrogens with zero attached hydrogens (tertiary/aromatic N) is 5. The smallest absolute Gasteiger partial charge is 0.283 e. The van der Waals surface area contributed by atoms with Gasteiger partial charge < -0.3 is 0 Å². The summed E-state index contributed by atoms with van der Waals surface area (Å²) in [6, 6.07) is 9.08. The summed E-state index contributed by atoms with van der Waals surface area (Å²) in [6.45, 7) is 4.29. The number of hydrogen-bond donors (Lipinski definition) is 0. The number of benzene rings is 2. The van der Waals surface area contributed by atoms with Crippen LogP contribution in [0.25, 0.3) is 16.9 Å². The first kappa shape index (κ1) is 17.0. The minimum atomic E-state index is -0.817. The molecule has 6 nitrogen and oxygen atoms in total. The first-order valence-corrected chi connectivity index (χ1v) is 8.26. The molecular formula is C19H15F2N5O. The van der Waals surface area contributed by atoms with Crippen molar-refractivity contribution < 1.29 is 8.78 Å². The maximum Gasteiger partial charge on any atom is 0.283 e. The Bertz CT molecular complexity index is 1230. The molecule has 4 aromatic rings. The summed E-state index contributed by atoms with van der Waals surface area (Å²) in [5.41, 5.74) is 2.87. The second-order valence-electron chi connectivity index (χ2n) is 6.38. The van der Waals surface area contributed by atoms with Crippen LogP contribution in [0.2, 0.25) is 0 Å². The van der Waals surface area contributed by atoms with Crippen LogP contribution in [0.3, 0.4) is 0 Å². The van der Waals surface area contributed by atoms with Gasteiger partial charge in [-0.05, 0) is 37.1 Å². The van der Waals surface area contributed by atoms with E-state index in [1.165, 1.54) is 17.0 Å². The zero-order valence-corrected chi connectivity index (χ0v) is 14.6. The molecule has 136 valence electrons. The number of halogens is 2. The summed E-state index contributed by atoms with van der Waals surface area (Å²) in [5, 5.41) is 7.68. The van der Waals surface area contributed by atoms with Crippen molar-refractivity contribution in [2.45, 2.75) is 20.4 Å². The number of aryl methyl sites for hydroxylation is 2. The molecule has 8 heteroatoms. The average molecular weight is 367 g/mol. The van der Waals surface area contributed by atoms with E-state index in [4.69, 9.17) is 0 Å². The van der Waals surface area contributed by atoms with Crippen LogP contribution in [0.15, 0.2) is 47.5 Å². The SMILES string of the molecule is Cc1ccc(C)c(Cn2cnc3c(nnn3-c3ccc(F)cc3F)c2=O)c1. The van der Waals surface area contributed by atoms with Crippen molar-refractivity contribution in [3.63, 3.8) is 0 Å². The molecule has 0 spiro atoms. The minimum absolute atomic E-state index is 0.0199. The van der Waals surface area contributed by atoms with Gasteiger partial charge in [-0.1, -0.05) is 29.0 Å². The molecule has 0 aliphatic carbocycles. The lowest BCUT2D eigenvalue weighted by molar-refractivity contribution is 0.573. The van der Waals surface area contributed by atoms with Gasteiger partial charge in [-0.2, -0.15) is 4.68 Å². The first-order valence-electron chi connectivity index (χ1n) is 8.26. The van der Waals surface area contributed by atoms with Gasteiger partial charge in [0.1, 0.15) is 17.8 Å².